The fourth-order valence-corrected chi connectivity index (χ4v) is 3.16. The third kappa shape index (κ3) is 5.49. The number of halogens is 4. The minimum Gasteiger partial charge on any atom is -0.390 e. The number of urea groups is 1. The summed E-state index contributed by atoms with van der Waals surface area (Å²) >= 11 is 0. The van der Waals surface area contributed by atoms with Gasteiger partial charge < -0.3 is 15.1 Å². The number of hydrogen-bond donors (Lipinski definition) is 1. The fourth-order valence-electron chi connectivity index (χ4n) is 3.16. The summed E-state index contributed by atoms with van der Waals surface area (Å²) in [6.07, 6.45) is -4.60. The summed E-state index contributed by atoms with van der Waals surface area (Å²) in [5.74, 6) is -0.396. The SMILES string of the molecule is CCNC(=O)N(Cc1cccc(C(F)(F)F)c1)C[C@H]1CC(c2cccc(F)c2)=NO1. The minimum absolute atomic E-state index is 0.0229. The van der Waals surface area contributed by atoms with E-state index >= 15 is 0 Å². The van der Waals surface area contributed by atoms with E-state index < -0.39 is 29.7 Å². The molecule has 2 aromatic carbocycles. The molecule has 160 valence electrons. The molecule has 1 aliphatic rings. The van der Waals surface area contributed by atoms with Crippen LogP contribution in [0, 0.1) is 5.82 Å². The summed E-state index contributed by atoms with van der Waals surface area (Å²) in [7, 11) is 0. The smallest absolute Gasteiger partial charge is 0.390 e. The fraction of sp³-hybridized carbons (Fsp3) is 0.333. The second-order valence-corrected chi connectivity index (χ2v) is 6.89. The summed E-state index contributed by atoms with van der Waals surface area (Å²) < 4.78 is 52.4. The molecule has 5 nitrogen and oxygen atoms in total. The monoisotopic (exact) mass is 423 g/mol. The molecule has 2 aromatic rings. The van der Waals surface area contributed by atoms with E-state index in [-0.39, 0.29) is 13.1 Å². The maximum atomic E-state index is 13.4. The quantitative estimate of drug-likeness (QED) is 0.692. The molecule has 0 aliphatic carbocycles. The van der Waals surface area contributed by atoms with E-state index in [0.717, 1.165) is 12.1 Å². The van der Waals surface area contributed by atoms with Crippen LogP contribution in [0.1, 0.15) is 30.0 Å². The highest BCUT2D eigenvalue weighted by molar-refractivity contribution is 6.01. The highest BCUT2D eigenvalue weighted by Gasteiger charge is 2.31. The highest BCUT2D eigenvalue weighted by Crippen LogP contribution is 2.30. The Morgan fingerprint density at radius 2 is 2.00 bits per heavy atom. The van der Waals surface area contributed by atoms with Gasteiger partial charge in [0, 0.05) is 25.1 Å². The number of amides is 2. The summed E-state index contributed by atoms with van der Waals surface area (Å²) in [6.45, 7) is 2.21. The van der Waals surface area contributed by atoms with Gasteiger partial charge in [-0.25, -0.2) is 9.18 Å². The average Bonchev–Trinajstić information content (AvgIpc) is 3.16. The van der Waals surface area contributed by atoms with Crippen molar-refractivity contribution in [2.45, 2.75) is 32.2 Å². The van der Waals surface area contributed by atoms with E-state index in [4.69, 9.17) is 4.84 Å². The van der Waals surface area contributed by atoms with Crippen molar-refractivity contribution in [1.82, 2.24) is 10.2 Å². The molecule has 1 N–H and O–H groups in total. The number of rotatable bonds is 6. The van der Waals surface area contributed by atoms with Crippen LogP contribution in [0.4, 0.5) is 22.4 Å². The van der Waals surface area contributed by atoms with Gasteiger partial charge in [0.2, 0.25) is 0 Å². The Hall–Kier alpha value is -3.10. The highest BCUT2D eigenvalue weighted by atomic mass is 19.4. The van der Waals surface area contributed by atoms with Gasteiger partial charge >= 0.3 is 12.2 Å². The first-order valence-corrected chi connectivity index (χ1v) is 9.43. The Labute approximate surface area is 171 Å². The number of carbonyl (C=O) groups excluding carboxylic acids is 1. The Bertz CT molecular complexity index is 930. The molecule has 0 spiro atoms. The van der Waals surface area contributed by atoms with Crippen LogP contribution >= 0.6 is 0 Å². The van der Waals surface area contributed by atoms with Crippen LogP contribution in [0.3, 0.4) is 0 Å². The molecule has 1 heterocycles. The predicted octanol–water partition coefficient (Wildman–Crippen LogP) is 4.57. The molecule has 0 aromatic heterocycles. The lowest BCUT2D eigenvalue weighted by Crippen LogP contribution is -2.43. The second kappa shape index (κ2) is 9.15. The lowest BCUT2D eigenvalue weighted by atomic mass is 10.0. The molecule has 1 atom stereocenters. The van der Waals surface area contributed by atoms with E-state index in [9.17, 15) is 22.4 Å². The molecule has 0 saturated heterocycles. The van der Waals surface area contributed by atoms with Crippen molar-refractivity contribution in [3.8, 4) is 0 Å². The normalized spacial score (nSPS) is 16.0. The third-order valence-electron chi connectivity index (χ3n) is 4.56. The van der Waals surface area contributed by atoms with Gasteiger partial charge in [-0.15, -0.1) is 0 Å². The zero-order valence-electron chi connectivity index (χ0n) is 16.2. The number of alkyl halides is 3. The molecular formula is C21H21F4N3O2. The first kappa shape index (κ1) is 21.6. The van der Waals surface area contributed by atoms with Crippen molar-refractivity contribution in [3.63, 3.8) is 0 Å². The maximum Gasteiger partial charge on any atom is 0.416 e. The summed E-state index contributed by atoms with van der Waals surface area (Å²) in [4.78, 5) is 19.2. The predicted molar refractivity (Wildman–Crippen MR) is 103 cm³/mol. The summed E-state index contributed by atoms with van der Waals surface area (Å²) in [6, 6.07) is 10.4. The van der Waals surface area contributed by atoms with Crippen LogP contribution in [0.2, 0.25) is 0 Å². The van der Waals surface area contributed by atoms with Crippen molar-refractivity contribution in [3.05, 3.63) is 71.0 Å². The van der Waals surface area contributed by atoms with Gasteiger partial charge in [-0.3, -0.25) is 0 Å². The number of benzene rings is 2. The van der Waals surface area contributed by atoms with Gasteiger partial charge in [-0.2, -0.15) is 13.2 Å². The van der Waals surface area contributed by atoms with Gasteiger partial charge in [0.25, 0.3) is 0 Å². The molecular weight excluding hydrogens is 402 g/mol. The summed E-state index contributed by atoms with van der Waals surface area (Å²) in [5, 5.41) is 6.64. The molecule has 1 aliphatic heterocycles. The minimum atomic E-state index is -4.46. The van der Waals surface area contributed by atoms with Crippen LogP contribution in [0.5, 0.6) is 0 Å². The van der Waals surface area contributed by atoms with E-state index in [1.807, 2.05) is 0 Å². The zero-order chi connectivity index (χ0) is 21.7. The zero-order valence-corrected chi connectivity index (χ0v) is 16.2. The van der Waals surface area contributed by atoms with Gasteiger partial charge in [-0.1, -0.05) is 29.4 Å². The van der Waals surface area contributed by atoms with Crippen molar-refractivity contribution in [2.24, 2.45) is 5.16 Å². The molecule has 0 saturated carbocycles. The van der Waals surface area contributed by atoms with E-state index in [2.05, 4.69) is 10.5 Å². The first-order chi connectivity index (χ1) is 14.3. The number of hydrogen-bond acceptors (Lipinski definition) is 3. The topological polar surface area (TPSA) is 53.9 Å². The van der Waals surface area contributed by atoms with E-state index in [1.165, 1.54) is 29.2 Å². The molecule has 30 heavy (non-hydrogen) atoms. The van der Waals surface area contributed by atoms with Gasteiger partial charge in [0.15, 0.2) is 6.10 Å². The Morgan fingerprint density at radius 3 is 2.70 bits per heavy atom. The molecule has 0 fully saturated rings. The average molecular weight is 423 g/mol. The molecule has 2 amide bonds. The molecule has 0 unspecified atom stereocenters. The van der Waals surface area contributed by atoms with Crippen LogP contribution in [0.25, 0.3) is 0 Å². The summed E-state index contributed by atoms with van der Waals surface area (Å²) in [5.41, 5.74) is 0.708. The Morgan fingerprint density at radius 1 is 1.23 bits per heavy atom. The maximum absolute atomic E-state index is 13.4. The van der Waals surface area contributed by atoms with Crippen LogP contribution in [-0.2, 0) is 17.6 Å². The standard InChI is InChI=1S/C21H21F4N3O2/c1-2-26-20(29)28(12-14-5-3-7-16(9-14)21(23,24)25)13-18-11-19(27-30-18)15-6-4-8-17(22)10-15/h3-10,18H,2,11-13H2,1H3,(H,26,29)/t18-/m1/s1. The molecule has 0 radical (unpaired) electrons. The number of nitrogens with zero attached hydrogens (tertiary/aromatic N) is 2. The van der Waals surface area contributed by atoms with Crippen molar-refractivity contribution >= 4 is 11.7 Å². The Balaban J connectivity index is 1.70. The lowest BCUT2D eigenvalue weighted by molar-refractivity contribution is -0.137. The third-order valence-corrected chi connectivity index (χ3v) is 4.56. The second-order valence-electron chi connectivity index (χ2n) is 6.89. The first-order valence-electron chi connectivity index (χ1n) is 9.43. The van der Waals surface area contributed by atoms with Gasteiger partial charge in [0.05, 0.1) is 17.8 Å². The van der Waals surface area contributed by atoms with E-state index in [0.29, 0.717) is 29.8 Å². The Kier molecular flexibility index (Phi) is 6.59. The van der Waals surface area contributed by atoms with Gasteiger partial charge in [0.1, 0.15) is 5.82 Å². The van der Waals surface area contributed by atoms with Crippen LogP contribution in [0.15, 0.2) is 53.7 Å². The lowest BCUT2D eigenvalue weighted by Gasteiger charge is -2.25. The van der Waals surface area contributed by atoms with E-state index in [1.54, 1.807) is 19.1 Å². The largest absolute Gasteiger partial charge is 0.416 e. The van der Waals surface area contributed by atoms with Crippen LogP contribution in [-0.4, -0.2) is 35.8 Å². The van der Waals surface area contributed by atoms with Crippen molar-refractivity contribution in [1.29, 1.82) is 0 Å². The number of carbonyl (C=O) groups is 1. The van der Waals surface area contributed by atoms with Crippen molar-refractivity contribution in [2.75, 3.05) is 13.1 Å². The van der Waals surface area contributed by atoms with Crippen molar-refractivity contribution < 1.29 is 27.2 Å². The molecule has 0 bridgehead atoms. The number of oxime groups is 1. The molecule has 9 heteroatoms. The van der Waals surface area contributed by atoms with Crippen LogP contribution < -0.4 is 5.32 Å². The van der Waals surface area contributed by atoms with Gasteiger partial charge in [-0.05, 0) is 36.8 Å². The molecule has 3 rings (SSSR count). The number of nitrogens with one attached hydrogen (secondary N) is 1.